The van der Waals surface area contributed by atoms with Crippen LogP contribution in [-0.2, 0) is 0 Å². The van der Waals surface area contributed by atoms with Crippen LogP contribution in [0.1, 0.15) is 38.5 Å². The molecule has 0 spiro atoms. The average Bonchev–Trinajstić information content (AvgIpc) is 3.05. The molecule has 7 nitrogen and oxygen atoms in total. The highest BCUT2D eigenvalue weighted by molar-refractivity contribution is 5.43. The Morgan fingerprint density at radius 3 is 2.43 bits per heavy atom. The number of nitrogens with one attached hydrogen (secondary N) is 2. The van der Waals surface area contributed by atoms with Crippen molar-refractivity contribution in [3.63, 3.8) is 0 Å². The fourth-order valence-electron chi connectivity index (χ4n) is 2.40. The summed E-state index contributed by atoms with van der Waals surface area (Å²) in [4.78, 5) is 15.5. The van der Waals surface area contributed by atoms with Crippen molar-refractivity contribution in [1.82, 2.24) is 15.0 Å². The molecule has 7 heteroatoms. The molecule has 3 N–H and O–H groups in total. The summed E-state index contributed by atoms with van der Waals surface area (Å²) < 4.78 is 0. The summed E-state index contributed by atoms with van der Waals surface area (Å²) in [5, 5.41) is 15.0. The van der Waals surface area contributed by atoms with Crippen LogP contribution in [-0.4, -0.2) is 53.3 Å². The molecule has 118 valence electrons. The van der Waals surface area contributed by atoms with E-state index in [4.69, 9.17) is 5.11 Å². The van der Waals surface area contributed by atoms with Gasteiger partial charge in [-0.2, -0.15) is 15.0 Å². The minimum atomic E-state index is 0.283. The molecule has 1 fully saturated rings. The monoisotopic (exact) mass is 294 g/mol. The van der Waals surface area contributed by atoms with Crippen molar-refractivity contribution in [2.75, 3.05) is 48.8 Å². The zero-order chi connectivity index (χ0) is 14.9. The number of nitrogens with zero attached hydrogens (tertiary/aromatic N) is 4. The van der Waals surface area contributed by atoms with Gasteiger partial charge < -0.3 is 20.6 Å². The topological polar surface area (TPSA) is 86.2 Å². The van der Waals surface area contributed by atoms with Gasteiger partial charge in [0.25, 0.3) is 0 Å². The quantitative estimate of drug-likeness (QED) is 0.595. The van der Waals surface area contributed by atoms with Crippen molar-refractivity contribution in [2.45, 2.75) is 38.5 Å². The fraction of sp³-hybridized carbons (Fsp3) is 0.786. The van der Waals surface area contributed by atoms with Gasteiger partial charge in [0.05, 0.1) is 0 Å². The van der Waals surface area contributed by atoms with Crippen LogP contribution in [0.15, 0.2) is 0 Å². The largest absolute Gasteiger partial charge is 0.396 e. The van der Waals surface area contributed by atoms with Crippen molar-refractivity contribution in [3.05, 3.63) is 0 Å². The number of rotatable bonds is 9. The first-order chi connectivity index (χ1) is 10.3. The lowest BCUT2D eigenvalue weighted by molar-refractivity contribution is 0.283. The molecular formula is C14H26N6O. The third-order valence-electron chi connectivity index (χ3n) is 3.60. The lowest BCUT2D eigenvalue weighted by Crippen LogP contribution is -2.22. The maximum Gasteiger partial charge on any atom is 0.231 e. The number of hydrogen-bond donors (Lipinski definition) is 3. The Kier molecular flexibility index (Phi) is 6.46. The Bertz CT molecular complexity index is 422. The van der Waals surface area contributed by atoms with E-state index < -0.39 is 0 Å². The number of unbranched alkanes of at least 4 members (excludes halogenated alkanes) is 3. The molecule has 0 aromatic carbocycles. The molecular weight excluding hydrogens is 268 g/mol. The molecule has 1 saturated heterocycles. The third kappa shape index (κ3) is 5.00. The van der Waals surface area contributed by atoms with Gasteiger partial charge >= 0.3 is 0 Å². The summed E-state index contributed by atoms with van der Waals surface area (Å²) >= 11 is 0. The van der Waals surface area contributed by atoms with E-state index in [2.05, 4.69) is 30.5 Å². The minimum Gasteiger partial charge on any atom is -0.396 e. The minimum absolute atomic E-state index is 0.283. The molecule has 0 amide bonds. The molecule has 21 heavy (non-hydrogen) atoms. The van der Waals surface area contributed by atoms with Crippen LogP contribution in [0.2, 0.25) is 0 Å². The second kappa shape index (κ2) is 8.61. The number of anilines is 3. The first-order valence-electron chi connectivity index (χ1n) is 7.87. The predicted molar refractivity (Wildman–Crippen MR) is 84.9 cm³/mol. The van der Waals surface area contributed by atoms with Crippen LogP contribution >= 0.6 is 0 Å². The number of aliphatic hydroxyl groups excluding tert-OH is 1. The molecule has 0 saturated carbocycles. The molecule has 1 aliphatic rings. The second-order valence-corrected chi connectivity index (χ2v) is 5.29. The van der Waals surface area contributed by atoms with Crippen LogP contribution in [0.4, 0.5) is 17.8 Å². The first-order valence-corrected chi connectivity index (χ1v) is 7.87. The second-order valence-electron chi connectivity index (χ2n) is 5.29. The van der Waals surface area contributed by atoms with Gasteiger partial charge in [0.15, 0.2) is 0 Å². The van der Waals surface area contributed by atoms with E-state index >= 15 is 0 Å². The summed E-state index contributed by atoms with van der Waals surface area (Å²) in [6.45, 7) is 3.17. The summed E-state index contributed by atoms with van der Waals surface area (Å²) in [6, 6.07) is 0. The highest BCUT2D eigenvalue weighted by Gasteiger charge is 2.16. The zero-order valence-corrected chi connectivity index (χ0v) is 12.8. The SMILES string of the molecule is CNc1nc(NCCCCCCO)nc(N2CCCC2)n1. The van der Waals surface area contributed by atoms with E-state index in [9.17, 15) is 0 Å². The Balaban J connectivity index is 1.87. The maximum atomic E-state index is 8.74. The molecule has 1 aliphatic heterocycles. The van der Waals surface area contributed by atoms with E-state index in [0.29, 0.717) is 11.9 Å². The van der Waals surface area contributed by atoms with E-state index in [1.807, 2.05) is 7.05 Å². The van der Waals surface area contributed by atoms with Crippen molar-refractivity contribution in [3.8, 4) is 0 Å². The molecule has 2 rings (SSSR count). The van der Waals surface area contributed by atoms with E-state index in [1.54, 1.807) is 0 Å². The van der Waals surface area contributed by atoms with Gasteiger partial charge in [0.1, 0.15) is 0 Å². The first kappa shape index (κ1) is 15.8. The van der Waals surface area contributed by atoms with Gasteiger partial charge in [-0.1, -0.05) is 12.8 Å². The molecule has 1 aromatic heterocycles. The maximum absolute atomic E-state index is 8.74. The lowest BCUT2D eigenvalue weighted by Gasteiger charge is -2.16. The van der Waals surface area contributed by atoms with E-state index in [1.165, 1.54) is 12.8 Å². The summed E-state index contributed by atoms with van der Waals surface area (Å²) in [6.07, 6.45) is 6.52. The van der Waals surface area contributed by atoms with Crippen LogP contribution < -0.4 is 15.5 Å². The van der Waals surface area contributed by atoms with Crippen molar-refractivity contribution >= 4 is 17.8 Å². The lowest BCUT2D eigenvalue weighted by atomic mass is 10.2. The standard InChI is InChI=1S/C14H26N6O/c1-15-12-17-13(16-8-4-2-3-7-11-21)19-14(18-12)20-9-5-6-10-20/h21H,2-11H2,1H3,(H2,15,16,17,18,19). The van der Waals surface area contributed by atoms with Gasteiger partial charge in [0.2, 0.25) is 17.8 Å². The van der Waals surface area contributed by atoms with Crippen LogP contribution in [0, 0.1) is 0 Å². The van der Waals surface area contributed by atoms with Gasteiger partial charge in [-0.15, -0.1) is 0 Å². The summed E-state index contributed by atoms with van der Waals surface area (Å²) in [5.74, 6) is 2.00. The molecule has 0 aliphatic carbocycles. The van der Waals surface area contributed by atoms with Crippen molar-refractivity contribution in [1.29, 1.82) is 0 Å². The Hall–Kier alpha value is -1.63. The Morgan fingerprint density at radius 1 is 1.00 bits per heavy atom. The molecule has 0 bridgehead atoms. The highest BCUT2D eigenvalue weighted by atomic mass is 16.2. The molecule has 0 unspecified atom stereocenters. The van der Waals surface area contributed by atoms with E-state index in [-0.39, 0.29) is 6.61 Å². The molecule has 2 heterocycles. The van der Waals surface area contributed by atoms with Gasteiger partial charge in [-0.3, -0.25) is 0 Å². The normalized spacial score (nSPS) is 14.5. The molecule has 0 radical (unpaired) electrons. The van der Waals surface area contributed by atoms with Crippen LogP contribution in [0.5, 0.6) is 0 Å². The highest BCUT2D eigenvalue weighted by Crippen LogP contribution is 2.18. The Labute approximate surface area is 126 Å². The van der Waals surface area contributed by atoms with Crippen LogP contribution in [0.3, 0.4) is 0 Å². The third-order valence-corrected chi connectivity index (χ3v) is 3.60. The number of aliphatic hydroxyl groups is 1. The molecule has 1 aromatic rings. The van der Waals surface area contributed by atoms with Gasteiger partial charge in [0, 0.05) is 33.3 Å². The average molecular weight is 294 g/mol. The predicted octanol–water partition coefficient (Wildman–Crippen LogP) is 1.48. The van der Waals surface area contributed by atoms with Gasteiger partial charge in [-0.05, 0) is 25.7 Å². The summed E-state index contributed by atoms with van der Waals surface area (Å²) in [5.41, 5.74) is 0. The molecule has 0 atom stereocenters. The van der Waals surface area contributed by atoms with Crippen molar-refractivity contribution < 1.29 is 5.11 Å². The number of hydrogen-bond acceptors (Lipinski definition) is 7. The Morgan fingerprint density at radius 2 is 1.71 bits per heavy atom. The van der Waals surface area contributed by atoms with Gasteiger partial charge in [-0.25, -0.2) is 0 Å². The number of aromatic nitrogens is 3. The smallest absolute Gasteiger partial charge is 0.231 e. The van der Waals surface area contributed by atoms with E-state index in [0.717, 1.165) is 51.3 Å². The fourth-order valence-corrected chi connectivity index (χ4v) is 2.40. The summed E-state index contributed by atoms with van der Waals surface area (Å²) in [7, 11) is 1.82. The van der Waals surface area contributed by atoms with Crippen molar-refractivity contribution in [2.24, 2.45) is 0 Å². The van der Waals surface area contributed by atoms with Crippen LogP contribution in [0.25, 0.3) is 0 Å². The zero-order valence-electron chi connectivity index (χ0n) is 12.8.